The number of halogens is 1. The monoisotopic (exact) mass is 317 g/mol. The van der Waals surface area contributed by atoms with Crippen LogP contribution >= 0.6 is 11.6 Å². The summed E-state index contributed by atoms with van der Waals surface area (Å²) in [6.45, 7) is 0. The smallest absolute Gasteiger partial charge is 0.248 e. The van der Waals surface area contributed by atoms with Gasteiger partial charge in [-0.1, -0.05) is 41.9 Å². The third kappa shape index (κ3) is 4.02. The van der Waals surface area contributed by atoms with Gasteiger partial charge in [0.15, 0.2) is 11.5 Å². The molecule has 4 nitrogen and oxygen atoms in total. The fourth-order valence-corrected chi connectivity index (χ4v) is 2.06. The Kier molecular flexibility index (Phi) is 5.44. The van der Waals surface area contributed by atoms with Gasteiger partial charge >= 0.3 is 0 Å². The number of carbonyl (C=O) groups excluding carboxylic acids is 1. The van der Waals surface area contributed by atoms with Crippen molar-refractivity contribution in [1.82, 2.24) is 0 Å². The van der Waals surface area contributed by atoms with Crippen LogP contribution in [0.3, 0.4) is 0 Å². The molecule has 0 saturated heterocycles. The van der Waals surface area contributed by atoms with Crippen molar-refractivity contribution in [2.24, 2.45) is 0 Å². The third-order valence-corrected chi connectivity index (χ3v) is 3.27. The zero-order chi connectivity index (χ0) is 15.9. The van der Waals surface area contributed by atoms with Crippen LogP contribution in [0.2, 0.25) is 5.02 Å². The van der Waals surface area contributed by atoms with Gasteiger partial charge in [0.1, 0.15) is 0 Å². The minimum Gasteiger partial charge on any atom is -0.493 e. The van der Waals surface area contributed by atoms with Gasteiger partial charge in [-0.2, -0.15) is 0 Å². The highest BCUT2D eigenvalue weighted by molar-refractivity contribution is 6.34. The molecule has 0 aliphatic heterocycles. The summed E-state index contributed by atoms with van der Waals surface area (Å²) in [6, 6.07) is 12.8. The number of amides is 1. The number of benzene rings is 2. The first kappa shape index (κ1) is 15.9. The number of hydrogen-bond donors (Lipinski definition) is 1. The molecule has 0 bridgehead atoms. The molecule has 0 atom stereocenters. The molecule has 0 aliphatic carbocycles. The molecule has 0 heterocycles. The summed E-state index contributed by atoms with van der Waals surface area (Å²) in [4.78, 5) is 12.0. The second-order valence-corrected chi connectivity index (χ2v) is 4.83. The molecule has 1 N–H and O–H groups in total. The van der Waals surface area contributed by atoms with E-state index in [0.29, 0.717) is 22.2 Å². The summed E-state index contributed by atoms with van der Waals surface area (Å²) >= 11 is 6.12. The van der Waals surface area contributed by atoms with Crippen LogP contribution in [0.15, 0.2) is 48.5 Å². The van der Waals surface area contributed by atoms with Crippen LogP contribution in [0.4, 0.5) is 5.69 Å². The zero-order valence-corrected chi connectivity index (χ0v) is 13.1. The second-order valence-electron chi connectivity index (χ2n) is 4.42. The van der Waals surface area contributed by atoms with Gasteiger partial charge in [0.25, 0.3) is 0 Å². The van der Waals surface area contributed by atoms with Gasteiger partial charge in [-0.15, -0.1) is 0 Å². The summed E-state index contributed by atoms with van der Waals surface area (Å²) in [7, 11) is 3.04. The van der Waals surface area contributed by atoms with E-state index in [1.54, 1.807) is 18.2 Å². The largest absolute Gasteiger partial charge is 0.493 e. The molecule has 0 saturated carbocycles. The first-order chi connectivity index (χ1) is 10.6. The summed E-state index contributed by atoms with van der Waals surface area (Å²) in [5, 5.41) is 3.09. The SMILES string of the molecule is COc1cc(Cl)c(NC(=O)/C=C/c2ccccc2)cc1OC. The molecule has 2 rings (SSSR count). The highest BCUT2D eigenvalue weighted by Crippen LogP contribution is 2.35. The van der Waals surface area contributed by atoms with E-state index >= 15 is 0 Å². The van der Waals surface area contributed by atoms with Crippen molar-refractivity contribution < 1.29 is 14.3 Å². The first-order valence-electron chi connectivity index (χ1n) is 6.59. The lowest BCUT2D eigenvalue weighted by Gasteiger charge is -2.11. The predicted octanol–water partition coefficient (Wildman–Crippen LogP) is 4.01. The maximum atomic E-state index is 12.0. The highest BCUT2D eigenvalue weighted by atomic mass is 35.5. The number of carbonyl (C=O) groups is 1. The van der Waals surface area contributed by atoms with Crippen molar-refractivity contribution in [3.63, 3.8) is 0 Å². The molecular weight excluding hydrogens is 302 g/mol. The number of nitrogens with one attached hydrogen (secondary N) is 1. The minimum atomic E-state index is -0.280. The van der Waals surface area contributed by atoms with E-state index in [0.717, 1.165) is 5.56 Å². The normalized spacial score (nSPS) is 10.5. The average molecular weight is 318 g/mol. The number of methoxy groups -OCH3 is 2. The maximum absolute atomic E-state index is 12.0. The van der Waals surface area contributed by atoms with Gasteiger partial charge < -0.3 is 14.8 Å². The van der Waals surface area contributed by atoms with Crippen LogP contribution in [0, 0.1) is 0 Å². The Bertz CT molecular complexity index is 684. The average Bonchev–Trinajstić information content (AvgIpc) is 2.55. The van der Waals surface area contributed by atoms with Crippen LogP contribution in [-0.4, -0.2) is 20.1 Å². The second kappa shape index (κ2) is 7.52. The molecule has 0 radical (unpaired) electrons. The van der Waals surface area contributed by atoms with Gasteiger partial charge in [-0.05, 0) is 11.6 Å². The summed E-state index contributed by atoms with van der Waals surface area (Å²) in [6.07, 6.45) is 3.17. The Morgan fingerprint density at radius 3 is 2.36 bits per heavy atom. The summed E-state index contributed by atoms with van der Waals surface area (Å²) in [5.74, 6) is 0.720. The van der Waals surface area contributed by atoms with Gasteiger partial charge in [0.2, 0.25) is 5.91 Å². The molecular formula is C17H16ClNO3. The predicted molar refractivity (Wildman–Crippen MR) is 88.7 cm³/mol. The van der Waals surface area contributed by atoms with Crippen LogP contribution in [-0.2, 0) is 4.79 Å². The molecule has 0 aromatic heterocycles. The fourth-order valence-electron chi connectivity index (χ4n) is 1.86. The highest BCUT2D eigenvalue weighted by Gasteiger charge is 2.11. The molecule has 0 fully saturated rings. The van der Waals surface area contributed by atoms with E-state index in [2.05, 4.69) is 5.32 Å². The molecule has 0 spiro atoms. The van der Waals surface area contributed by atoms with Gasteiger partial charge in [-0.25, -0.2) is 0 Å². The van der Waals surface area contributed by atoms with E-state index in [1.807, 2.05) is 30.3 Å². The number of ether oxygens (including phenoxy) is 2. The van der Waals surface area contributed by atoms with Crippen molar-refractivity contribution in [3.8, 4) is 11.5 Å². The van der Waals surface area contributed by atoms with E-state index < -0.39 is 0 Å². The molecule has 0 unspecified atom stereocenters. The molecule has 0 aliphatic rings. The Labute approximate surface area is 134 Å². The minimum absolute atomic E-state index is 0.280. The van der Waals surface area contributed by atoms with Crippen LogP contribution < -0.4 is 14.8 Å². The lowest BCUT2D eigenvalue weighted by Crippen LogP contribution is -2.08. The lowest BCUT2D eigenvalue weighted by atomic mass is 10.2. The van der Waals surface area contributed by atoms with E-state index in [-0.39, 0.29) is 5.91 Å². The summed E-state index contributed by atoms with van der Waals surface area (Å²) in [5.41, 5.74) is 1.40. The van der Waals surface area contributed by atoms with Crippen LogP contribution in [0.1, 0.15) is 5.56 Å². The van der Waals surface area contributed by atoms with Crippen molar-refractivity contribution in [2.45, 2.75) is 0 Å². The van der Waals surface area contributed by atoms with Gasteiger partial charge in [-0.3, -0.25) is 4.79 Å². The quantitative estimate of drug-likeness (QED) is 0.848. The van der Waals surface area contributed by atoms with Gasteiger partial charge in [0, 0.05) is 18.2 Å². The van der Waals surface area contributed by atoms with Crippen molar-refractivity contribution in [1.29, 1.82) is 0 Å². The Hall–Kier alpha value is -2.46. The van der Waals surface area contributed by atoms with E-state index in [1.165, 1.54) is 20.3 Å². The van der Waals surface area contributed by atoms with Crippen LogP contribution in [0.25, 0.3) is 6.08 Å². The fraction of sp³-hybridized carbons (Fsp3) is 0.118. The maximum Gasteiger partial charge on any atom is 0.248 e. The number of hydrogen-bond acceptors (Lipinski definition) is 3. The number of rotatable bonds is 5. The van der Waals surface area contributed by atoms with Crippen molar-refractivity contribution in [2.75, 3.05) is 19.5 Å². The molecule has 114 valence electrons. The topological polar surface area (TPSA) is 47.6 Å². The summed E-state index contributed by atoms with van der Waals surface area (Å²) < 4.78 is 10.3. The van der Waals surface area contributed by atoms with Crippen molar-refractivity contribution in [3.05, 3.63) is 59.1 Å². The van der Waals surface area contributed by atoms with E-state index in [4.69, 9.17) is 21.1 Å². The standard InChI is InChI=1S/C17H16ClNO3/c1-21-15-10-13(18)14(11-16(15)22-2)19-17(20)9-8-12-6-4-3-5-7-12/h3-11H,1-2H3,(H,19,20)/b9-8+. The molecule has 1 amide bonds. The number of anilines is 1. The zero-order valence-electron chi connectivity index (χ0n) is 12.3. The Balaban J connectivity index is 2.13. The van der Waals surface area contributed by atoms with Crippen molar-refractivity contribution >= 4 is 29.3 Å². The lowest BCUT2D eigenvalue weighted by molar-refractivity contribution is -0.111. The Morgan fingerprint density at radius 1 is 1.09 bits per heavy atom. The molecule has 5 heteroatoms. The third-order valence-electron chi connectivity index (χ3n) is 2.96. The first-order valence-corrected chi connectivity index (χ1v) is 6.97. The molecule has 2 aromatic carbocycles. The Morgan fingerprint density at radius 2 is 1.73 bits per heavy atom. The molecule has 2 aromatic rings. The van der Waals surface area contributed by atoms with Gasteiger partial charge in [0.05, 0.1) is 24.9 Å². The van der Waals surface area contributed by atoms with Crippen LogP contribution in [0.5, 0.6) is 11.5 Å². The van der Waals surface area contributed by atoms with E-state index in [9.17, 15) is 4.79 Å². The molecule has 22 heavy (non-hydrogen) atoms.